The normalized spacial score (nSPS) is 12.3. The van der Waals surface area contributed by atoms with Gasteiger partial charge in [-0.25, -0.2) is 9.97 Å². The largest absolute Gasteiger partial charge is 0.310 e. The molecule has 0 amide bonds. The van der Waals surface area contributed by atoms with E-state index in [1.54, 1.807) is 0 Å². The lowest BCUT2D eigenvalue weighted by Gasteiger charge is -2.15. The highest BCUT2D eigenvalue weighted by Gasteiger charge is 2.10. The topological polar surface area (TPSA) is 37.8 Å². The van der Waals surface area contributed by atoms with Crippen molar-refractivity contribution in [3.8, 4) is 0 Å². The summed E-state index contributed by atoms with van der Waals surface area (Å²) in [5.74, 6) is 0.933. The van der Waals surface area contributed by atoms with Crippen LogP contribution >= 0.6 is 0 Å². The smallest absolute Gasteiger partial charge is 0.128 e. The van der Waals surface area contributed by atoms with Gasteiger partial charge < -0.3 is 5.32 Å². The van der Waals surface area contributed by atoms with E-state index in [4.69, 9.17) is 0 Å². The molecule has 2 aromatic rings. The molecule has 0 fully saturated rings. The van der Waals surface area contributed by atoms with Gasteiger partial charge in [0.25, 0.3) is 0 Å². The van der Waals surface area contributed by atoms with E-state index in [2.05, 4.69) is 60.3 Å². The molecule has 1 unspecified atom stereocenters. The third kappa shape index (κ3) is 4.64. The molecule has 0 spiro atoms. The minimum absolute atomic E-state index is 0.313. The van der Waals surface area contributed by atoms with Crippen LogP contribution in [0.25, 0.3) is 0 Å². The second kappa shape index (κ2) is 7.89. The van der Waals surface area contributed by atoms with Crippen LogP contribution in [-0.2, 0) is 12.8 Å². The van der Waals surface area contributed by atoms with Gasteiger partial charge in [-0.3, -0.25) is 0 Å². The Labute approximate surface area is 127 Å². The Bertz CT molecular complexity index is 552. The molecule has 1 heterocycles. The van der Waals surface area contributed by atoms with Crippen LogP contribution in [0.2, 0.25) is 0 Å². The van der Waals surface area contributed by atoms with Crippen LogP contribution in [0.15, 0.2) is 36.5 Å². The lowest BCUT2D eigenvalue weighted by Crippen LogP contribution is -2.21. The van der Waals surface area contributed by atoms with Gasteiger partial charge in [-0.05, 0) is 38.8 Å². The molecular weight excluding hydrogens is 258 g/mol. The zero-order valence-corrected chi connectivity index (χ0v) is 13.3. The van der Waals surface area contributed by atoms with E-state index in [0.717, 1.165) is 37.3 Å². The predicted octanol–water partition coefficient (Wildman–Crippen LogP) is 3.63. The molecule has 0 saturated heterocycles. The van der Waals surface area contributed by atoms with Crippen LogP contribution in [0, 0.1) is 6.92 Å². The van der Waals surface area contributed by atoms with E-state index >= 15 is 0 Å². The van der Waals surface area contributed by atoms with Crippen LogP contribution in [0.5, 0.6) is 0 Å². The van der Waals surface area contributed by atoms with E-state index in [-0.39, 0.29) is 0 Å². The van der Waals surface area contributed by atoms with Crippen molar-refractivity contribution in [3.63, 3.8) is 0 Å². The highest BCUT2D eigenvalue weighted by atomic mass is 14.9. The fourth-order valence-corrected chi connectivity index (χ4v) is 2.44. The maximum absolute atomic E-state index is 4.67. The fourth-order valence-electron chi connectivity index (χ4n) is 2.44. The van der Waals surface area contributed by atoms with Crippen LogP contribution in [-0.4, -0.2) is 16.5 Å². The number of nitrogens with zero attached hydrogens (tertiary/aromatic N) is 2. The SMILES string of the molecule is CCCNC(C)c1cnc(CCc2ccccc2)nc1C. The Balaban J connectivity index is 1.98. The number of aryl methyl sites for hydroxylation is 3. The Morgan fingerprint density at radius 2 is 1.90 bits per heavy atom. The van der Waals surface area contributed by atoms with E-state index < -0.39 is 0 Å². The van der Waals surface area contributed by atoms with Crippen LogP contribution in [0.1, 0.15) is 49.0 Å². The van der Waals surface area contributed by atoms with E-state index in [1.807, 2.05) is 12.3 Å². The minimum atomic E-state index is 0.313. The maximum atomic E-state index is 4.67. The van der Waals surface area contributed by atoms with Gasteiger partial charge in [0, 0.05) is 29.9 Å². The van der Waals surface area contributed by atoms with E-state index in [1.165, 1.54) is 11.1 Å². The molecule has 0 aliphatic heterocycles. The van der Waals surface area contributed by atoms with E-state index in [0.29, 0.717) is 6.04 Å². The Morgan fingerprint density at radius 1 is 1.14 bits per heavy atom. The van der Waals surface area contributed by atoms with Gasteiger partial charge in [0.2, 0.25) is 0 Å². The molecule has 2 rings (SSSR count). The zero-order chi connectivity index (χ0) is 15.1. The maximum Gasteiger partial charge on any atom is 0.128 e. The summed E-state index contributed by atoms with van der Waals surface area (Å²) in [6, 6.07) is 10.8. The number of hydrogen-bond donors (Lipinski definition) is 1. The monoisotopic (exact) mass is 283 g/mol. The standard InChI is InChI=1S/C18H25N3/c1-4-12-19-14(2)17-13-20-18(21-15(17)3)11-10-16-8-6-5-7-9-16/h5-9,13-14,19H,4,10-12H2,1-3H3. The second-order valence-corrected chi connectivity index (χ2v) is 5.49. The van der Waals surface area contributed by atoms with Crippen molar-refractivity contribution in [1.82, 2.24) is 15.3 Å². The summed E-state index contributed by atoms with van der Waals surface area (Å²) in [6.07, 6.45) is 5.00. The minimum Gasteiger partial charge on any atom is -0.310 e. The number of hydrogen-bond acceptors (Lipinski definition) is 3. The fraction of sp³-hybridized carbons (Fsp3) is 0.444. The molecule has 0 aliphatic carbocycles. The van der Waals surface area contributed by atoms with Gasteiger partial charge in [0.1, 0.15) is 5.82 Å². The molecule has 0 saturated carbocycles. The Morgan fingerprint density at radius 3 is 2.57 bits per heavy atom. The Kier molecular flexibility index (Phi) is 5.88. The highest BCUT2D eigenvalue weighted by Crippen LogP contribution is 2.15. The molecule has 1 aromatic carbocycles. The Hall–Kier alpha value is -1.74. The first-order valence-electron chi connectivity index (χ1n) is 7.80. The quantitative estimate of drug-likeness (QED) is 0.843. The van der Waals surface area contributed by atoms with Gasteiger partial charge in [0.15, 0.2) is 0 Å². The van der Waals surface area contributed by atoms with Gasteiger partial charge in [-0.15, -0.1) is 0 Å². The van der Waals surface area contributed by atoms with Crippen molar-refractivity contribution in [1.29, 1.82) is 0 Å². The second-order valence-electron chi connectivity index (χ2n) is 5.49. The number of aromatic nitrogens is 2. The van der Waals surface area contributed by atoms with E-state index in [9.17, 15) is 0 Å². The average molecular weight is 283 g/mol. The van der Waals surface area contributed by atoms with Crippen molar-refractivity contribution in [2.24, 2.45) is 0 Å². The first-order valence-corrected chi connectivity index (χ1v) is 7.80. The highest BCUT2D eigenvalue weighted by molar-refractivity contribution is 5.21. The molecule has 112 valence electrons. The summed E-state index contributed by atoms with van der Waals surface area (Å²) in [7, 11) is 0. The van der Waals surface area contributed by atoms with Crippen molar-refractivity contribution < 1.29 is 0 Å². The molecular formula is C18H25N3. The molecule has 1 aromatic heterocycles. The molecule has 3 heteroatoms. The average Bonchev–Trinajstić information content (AvgIpc) is 2.51. The van der Waals surface area contributed by atoms with Gasteiger partial charge in [0.05, 0.1) is 0 Å². The first kappa shape index (κ1) is 15.6. The van der Waals surface area contributed by atoms with Crippen LogP contribution in [0.3, 0.4) is 0 Å². The predicted molar refractivity (Wildman–Crippen MR) is 87.3 cm³/mol. The summed E-state index contributed by atoms with van der Waals surface area (Å²) in [5, 5.41) is 3.49. The molecule has 3 nitrogen and oxygen atoms in total. The number of nitrogens with one attached hydrogen (secondary N) is 1. The molecule has 0 radical (unpaired) electrons. The number of benzene rings is 1. The third-order valence-corrected chi connectivity index (χ3v) is 3.71. The molecule has 1 N–H and O–H groups in total. The zero-order valence-electron chi connectivity index (χ0n) is 13.3. The van der Waals surface area contributed by atoms with Crippen LogP contribution < -0.4 is 5.32 Å². The van der Waals surface area contributed by atoms with Crippen molar-refractivity contribution in [3.05, 3.63) is 59.2 Å². The molecule has 21 heavy (non-hydrogen) atoms. The lowest BCUT2D eigenvalue weighted by molar-refractivity contribution is 0.562. The lowest BCUT2D eigenvalue weighted by atomic mass is 10.1. The van der Waals surface area contributed by atoms with Crippen LogP contribution in [0.4, 0.5) is 0 Å². The summed E-state index contributed by atoms with van der Waals surface area (Å²) in [4.78, 5) is 9.20. The first-order chi connectivity index (χ1) is 10.2. The third-order valence-electron chi connectivity index (χ3n) is 3.71. The van der Waals surface area contributed by atoms with Crippen molar-refractivity contribution in [2.45, 2.75) is 46.1 Å². The molecule has 0 bridgehead atoms. The van der Waals surface area contributed by atoms with Gasteiger partial charge in [-0.1, -0.05) is 37.3 Å². The molecule has 1 atom stereocenters. The summed E-state index contributed by atoms with van der Waals surface area (Å²) in [6.45, 7) is 7.45. The molecule has 0 aliphatic rings. The van der Waals surface area contributed by atoms with Gasteiger partial charge >= 0.3 is 0 Å². The van der Waals surface area contributed by atoms with Crippen molar-refractivity contribution in [2.75, 3.05) is 6.54 Å². The summed E-state index contributed by atoms with van der Waals surface area (Å²) >= 11 is 0. The van der Waals surface area contributed by atoms with Gasteiger partial charge in [-0.2, -0.15) is 0 Å². The summed E-state index contributed by atoms with van der Waals surface area (Å²) < 4.78 is 0. The van der Waals surface area contributed by atoms with Crippen molar-refractivity contribution >= 4 is 0 Å². The number of rotatable bonds is 7. The summed E-state index contributed by atoms with van der Waals surface area (Å²) in [5.41, 5.74) is 3.62.